The minimum atomic E-state index is -1.23. The van der Waals surface area contributed by atoms with E-state index in [1.54, 1.807) is 61.5 Å². The first-order chi connectivity index (χ1) is 12.0. The van der Waals surface area contributed by atoms with E-state index in [0.717, 1.165) is 4.90 Å². The summed E-state index contributed by atoms with van der Waals surface area (Å²) < 4.78 is 5.18. The number of Topliss-reactive ketones (excluding diaryl/α,β-unsaturated/α-hetero) is 1. The van der Waals surface area contributed by atoms with Crippen LogP contribution in [0.25, 0.3) is 0 Å². The number of amides is 3. The number of carbonyl (C=O) groups excluding carboxylic acids is 3. The molecule has 1 atom stereocenters. The fourth-order valence-corrected chi connectivity index (χ4v) is 2.83. The highest BCUT2D eigenvalue weighted by atomic mass is 16.5. The first-order valence-corrected chi connectivity index (χ1v) is 7.82. The van der Waals surface area contributed by atoms with Gasteiger partial charge in [0.2, 0.25) is 0 Å². The molecule has 6 nitrogen and oxygen atoms in total. The highest BCUT2D eigenvalue weighted by molar-refractivity contribution is 6.11. The number of rotatable bonds is 5. The number of urea groups is 1. The largest absolute Gasteiger partial charge is 0.497 e. The summed E-state index contributed by atoms with van der Waals surface area (Å²) in [6.45, 7) is 1.32. The molecule has 1 N–H and O–H groups in total. The van der Waals surface area contributed by atoms with Crippen LogP contribution < -0.4 is 10.1 Å². The van der Waals surface area contributed by atoms with Crippen molar-refractivity contribution in [1.82, 2.24) is 10.2 Å². The van der Waals surface area contributed by atoms with Crippen LogP contribution in [0.15, 0.2) is 54.6 Å². The Kier molecular flexibility index (Phi) is 4.27. The smallest absolute Gasteiger partial charge is 0.325 e. The number of ether oxygens (including phenoxy) is 1. The molecule has 0 bridgehead atoms. The van der Waals surface area contributed by atoms with Gasteiger partial charge in [-0.3, -0.25) is 14.5 Å². The van der Waals surface area contributed by atoms with Gasteiger partial charge >= 0.3 is 6.03 Å². The van der Waals surface area contributed by atoms with E-state index in [1.807, 2.05) is 0 Å². The average molecular weight is 338 g/mol. The molecule has 128 valence electrons. The second-order valence-corrected chi connectivity index (χ2v) is 5.97. The first-order valence-electron chi connectivity index (χ1n) is 7.82. The molecule has 1 saturated heterocycles. The van der Waals surface area contributed by atoms with Crippen molar-refractivity contribution in [2.75, 3.05) is 13.7 Å². The van der Waals surface area contributed by atoms with Crippen LogP contribution in [0.4, 0.5) is 4.79 Å². The Bertz CT molecular complexity index is 834. The van der Waals surface area contributed by atoms with Gasteiger partial charge in [0.1, 0.15) is 11.3 Å². The van der Waals surface area contributed by atoms with Crippen LogP contribution in [0.3, 0.4) is 0 Å². The van der Waals surface area contributed by atoms with Gasteiger partial charge in [0.25, 0.3) is 5.91 Å². The molecule has 0 spiro atoms. The fraction of sp³-hybridized carbons (Fsp3) is 0.211. The van der Waals surface area contributed by atoms with E-state index in [2.05, 4.69) is 5.32 Å². The first kappa shape index (κ1) is 16.7. The average Bonchev–Trinajstić information content (AvgIpc) is 2.86. The number of nitrogens with one attached hydrogen (secondary N) is 1. The van der Waals surface area contributed by atoms with Gasteiger partial charge in [0.15, 0.2) is 5.78 Å². The fourth-order valence-electron chi connectivity index (χ4n) is 2.83. The van der Waals surface area contributed by atoms with Crippen LogP contribution in [-0.4, -0.2) is 36.3 Å². The minimum Gasteiger partial charge on any atom is -0.497 e. The Labute approximate surface area is 145 Å². The highest BCUT2D eigenvalue weighted by Gasteiger charge is 2.49. The van der Waals surface area contributed by atoms with Gasteiger partial charge in [0.05, 0.1) is 13.7 Å². The molecule has 1 aliphatic rings. The van der Waals surface area contributed by atoms with Crippen molar-refractivity contribution in [3.63, 3.8) is 0 Å². The maximum atomic E-state index is 12.9. The van der Waals surface area contributed by atoms with E-state index in [1.165, 1.54) is 7.11 Å². The molecule has 0 aliphatic carbocycles. The number of methoxy groups -OCH3 is 1. The molecule has 0 unspecified atom stereocenters. The lowest BCUT2D eigenvalue weighted by molar-refractivity contribution is -0.130. The topological polar surface area (TPSA) is 75.7 Å². The molecule has 1 fully saturated rings. The van der Waals surface area contributed by atoms with Gasteiger partial charge < -0.3 is 10.1 Å². The van der Waals surface area contributed by atoms with Gasteiger partial charge in [0, 0.05) is 5.56 Å². The Morgan fingerprint density at radius 3 is 2.52 bits per heavy atom. The van der Waals surface area contributed by atoms with E-state index in [0.29, 0.717) is 16.9 Å². The standard InChI is InChI=1S/C19H18N2O4/c1-19(14-9-6-10-15(11-14)25-2)17(23)21(18(24)20-19)12-16(22)13-7-4-3-5-8-13/h3-11H,12H2,1-2H3,(H,20,24)/t19-/m1/s1. The Hall–Kier alpha value is -3.15. The predicted octanol–water partition coefficient (Wildman–Crippen LogP) is 2.35. The van der Waals surface area contributed by atoms with E-state index in [-0.39, 0.29) is 12.3 Å². The van der Waals surface area contributed by atoms with E-state index in [9.17, 15) is 14.4 Å². The van der Waals surface area contributed by atoms with Crippen molar-refractivity contribution < 1.29 is 19.1 Å². The Morgan fingerprint density at radius 1 is 1.12 bits per heavy atom. The Balaban J connectivity index is 1.85. The maximum Gasteiger partial charge on any atom is 0.325 e. The summed E-state index contributed by atoms with van der Waals surface area (Å²) in [6, 6.07) is 14.9. The van der Waals surface area contributed by atoms with E-state index < -0.39 is 17.5 Å². The number of carbonyl (C=O) groups is 3. The number of benzene rings is 2. The summed E-state index contributed by atoms with van der Waals surface area (Å²) in [5, 5.41) is 2.68. The second kappa shape index (κ2) is 6.39. The van der Waals surface area contributed by atoms with Gasteiger partial charge in [-0.25, -0.2) is 4.79 Å². The number of hydrogen-bond donors (Lipinski definition) is 1. The molecule has 1 aliphatic heterocycles. The molecule has 1 heterocycles. The van der Waals surface area contributed by atoms with E-state index >= 15 is 0 Å². The maximum absolute atomic E-state index is 12.9. The molecule has 3 amide bonds. The molecule has 0 aromatic heterocycles. The number of hydrogen-bond acceptors (Lipinski definition) is 4. The van der Waals surface area contributed by atoms with Crippen molar-refractivity contribution in [1.29, 1.82) is 0 Å². The molecule has 2 aromatic carbocycles. The van der Waals surface area contributed by atoms with Crippen molar-refractivity contribution in [2.24, 2.45) is 0 Å². The monoisotopic (exact) mass is 338 g/mol. The zero-order valence-corrected chi connectivity index (χ0v) is 14.0. The van der Waals surface area contributed by atoms with E-state index in [4.69, 9.17) is 4.74 Å². The molecule has 0 radical (unpaired) electrons. The lowest BCUT2D eigenvalue weighted by Crippen LogP contribution is -2.41. The number of ketones is 1. The summed E-state index contributed by atoms with van der Waals surface area (Å²) in [7, 11) is 1.53. The Morgan fingerprint density at radius 2 is 1.84 bits per heavy atom. The summed E-state index contributed by atoms with van der Waals surface area (Å²) in [6.07, 6.45) is 0. The van der Waals surface area contributed by atoms with Gasteiger partial charge in [-0.05, 0) is 24.6 Å². The number of nitrogens with zero attached hydrogens (tertiary/aromatic N) is 1. The van der Waals surface area contributed by atoms with Crippen LogP contribution in [0.2, 0.25) is 0 Å². The molecule has 2 aromatic rings. The highest BCUT2D eigenvalue weighted by Crippen LogP contribution is 2.30. The van der Waals surface area contributed by atoms with Crippen molar-refractivity contribution in [2.45, 2.75) is 12.5 Å². The van der Waals surface area contributed by atoms with Gasteiger partial charge in [-0.1, -0.05) is 42.5 Å². The lowest BCUT2D eigenvalue weighted by Gasteiger charge is -2.22. The van der Waals surface area contributed by atoms with Crippen LogP contribution in [0.1, 0.15) is 22.8 Å². The lowest BCUT2D eigenvalue weighted by atomic mass is 9.92. The van der Waals surface area contributed by atoms with Gasteiger partial charge in [-0.2, -0.15) is 0 Å². The van der Waals surface area contributed by atoms with Crippen LogP contribution in [0.5, 0.6) is 5.75 Å². The molecular weight excluding hydrogens is 320 g/mol. The van der Waals surface area contributed by atoms with Crippen molar-refractivity contribution in [3.05, 3.63) is 65.7 Å². The van der Waals surface area contributed by atoms with Crippen molar-refractivity contribution in [3.8, 4) is 5.75 Å². The normalized spacial score (nSPS) is 19.7. The minimum absolute atomic E-state index is 0.293. The zero-order valence-electron chi connectivity index (χ0n) is 14.0. The quantitative estimate of drug-likeness (QED) is 0.671. The number of imide groups is 1. The molecule has 3 rings (SSSR count). The van der Waals surface area contributed by atoms with Gasteiger partial charge in [-0.15, -0.1) is 0 Å². The summed E-state index contributed by atoms with van der Waals surface area (Å²) in [4.78, 5) is 38.5. The zero-order chi connectivity index (χ0) is 18.0. The molecule has 0 saturated carbocycles. The van der Waals surface area contributed by atoms with Crippen LogP contribution in [-0.2, 0) is 10.3 Å². The third-order valence-corrected chi connectivity index (χ3v) is 4.32. The molecular formula is C19H18N2O4. The molecule has 6 heteroatoms. The SMILES string of the molecule is COc1cccc([C@@]2(C)NC(=O)N(CC(=O)c3ccccc3)C2=O)c1. The summed E-state index contributed by atoms with van der Waals surface area (Å²) in [5.41, 5.74) is -0.180. The summed E-state index contributed by atoms with van der Waals surface area (Å²) in [5.74, 6) is -0.173. The second-order valence-electron chi connectivity index (χ2n) is 5.97. The van der Waals surface area contributed by atoms with Crippen LogP contribution in [0, 0.1) is 0 Å². The van der Waals surface area contributed by atoms with Crippen molar-refractivity contribution >= 4 is 17.7 Å². The summed E-state index contributed by atoms with van der Waals surface area (Å²) >= 11 is 0. The predicted molar refractivity (Wildman–Crippen MR) is 91.4 cm³/mol. The molecule has 25 heavy (non-hydrogen) atoms. The third-order valence-electron chi connectivity index (χ3n) is 4.32. The van der Waals surface area contributed by atoms with Crippen LogP contribution >= 0.6 is 0 Å². The third kappa shape index (κ3) is 2.98.